The summed E-state index contributed by atoms with van der Waals surface area (Å²) in [5, 5.41) is 12.8. The number of aromatic nitrogens is 2. The summed E-state index contributed by atoms with van der Waals surface area (Å²) in [4.78, 5) is 21.6. The molecule has 38 heavy (non-hydrogen) atoms. The van der Waals surface area contributed by atoms with E-state index in [4.69, 9.17) is 16.3 Å². The highest BCUT2D eigenvalue weighted by molar-refractivity contribution is 6.28. The number of benzene rings is 1. The van der Waals surface area contributed by atoms with Crippen molar-refractivity contribution in [3.05, 3.63) is 64.6 Å². The van der Waals surface area contributed by atoms with Gasteiger partial charge in [-0.3, -0.25) is 4.79 Å². The predicted molar refractivity (Wildman–Crippen MR) is 144 cm³/mol. The molecule has 0 amide bonds. The normalized spacial score (nSPS) is 22.0. The molecule has 2 aliphatic rings. The molecule has 0 saturated carbocycles. The molecule has 2 N–H and O–H groups in total. The molecule has 2 aromatic rings. The number of rotatable bonds is 11. The number of Topliss-reactive ketones (excluding diaryl/α,β-unsaturated/α-hetero) is 1. The highest BCUT2D eigenvalue weighted by Gasteiger charge is 2.30. The minimum absolute atomic E-state index is 0.0801. The molecule has 1 fully saturated rings. The predicted octanol–water partition coefficient (Wildman–Crippen LogP) is 5.87. The average Bonchev–Trinajstić information content (AvgIpc) is 3.24. The van der Waals surface area contributed by atoms with E-state index in [1.165, 1.54) is 12.1 Å². The largest absolute Gasteiger partial charge is 0.392 e. The monoisotopic (exact) mass is 547 g/mol. The van der Waals surface area contributed by atoms with Gasteiger partial charge in [0, 0.05) is 31.1 Å². The number of aliphatic hydroxyl groups excluding tert-OH is 1. The van der Waals surface area contributed by atoms with Crippen LogP contribution in [0.4, 0.5) is 14.6 Å². The lowest BCUT2D eigenvalue weighted by Crippen LogP contribution is -2.24. The number of ketones is 1. The third-order valence-corrected chi connectivity index (χ3v) is 8.01. The van der Waals surface area contributed by atoms with Crippen molar-refractivity contribution in [1.29, 1.82) is 0 Å². The summed E-state index contributed by atoms with van der Waals surface area (Å²) in [5.74, 6) is 1.15. The van der Waals surface area contributed by atoms with Crippen molar-refractivity contribution in [2.45, 2.75) is 63.1 Å². The number of hydrogen-bond donors (Lipinski definition) is 2. The Morgan fingerprint density at radius 2 is 2.16 bits per heavy atom. The van der Waals surface area contributed by atoms with Crippen LogP contribution in [0, 0.1) is 11.8 Å². The topological polar surface area (TPSA) is 84.3 Å². The molecule has 1 aromatic carbocycles. The van der Waals surface area contributed by atoms with Crippen LogP contribution in [-0.4, -0.2) is 47.4 Å². The van der Waals surface area contributed by atoms with Gasteiger partial charge >= 0.3 is 0 Å². The summed E-state index contributed by atoms with van der Waals surface area (Å²) < 4.78 is 34.8. The number of alkyl halides is 2. The molecule has 1 aliphatic carbocycles. The van der Waals surface area contributed by atoms with E-state index >= 15 is 0 Å². The van der Waals surface area contributed by atoms with Gasteiger partial charge < -0.3 is 15.2 Å². The number of fused-ring (bicyclic) bond motifs is 1. The second-order valence-corrected chi connectivity index (χ2v) is 10.7. The smallest absolute Gasteiger partial charge is 0.224 e. The van der Waals surface area contributed by atoms with Gasteiger partial charge in [-0.25, -0.2) is 18.7 Å². The van der Waals surface area contributed by atoms with Crippen LogP contribution in [-0.2, 0) is 28.0 Å². The second-order valence-electron chi connectivity index (χ2n) is 10.3. The molecule has 1 aliphatic heterocycles. The number of nitrogens with zero attached hydrogens (tertiary/aromatic N) is 2. The number of carbonyl (C=O) groups is 1. The van der Waals surface area contributed by atoms with Gasteiger partial charge in [0.25, 0.3) is 0 Å². The average molecular weight is 548 g/mol. The number of carbonyl (C=O) groups excluding carboxylic acids is 1. The Kier molecular flexibility index (Phi) is 9.85. The molecular weight excluding hydrogens is 512 g/mol. The van der Waals surface area contributed by atoms with Gasteiger partial charge in [0.15, 0.2) is 5.67 Å². The highest BCUT2D eigenvalue weighted by atomic mass is 35.5. The first kappa shape index (κ1) is 28.6. The van der Waals surface area contributed by atoms with Gasteiger partial charge in [-0.05, 0) is 79.7 Å². The summed E-state index contributed by atoms with van der Waals surface area (Å²) in [6.45, 7) is 3.33. The molecule has 9 heteroatoms. The summed E-state index contributed by atoms with van der Waals surface area (Å²) in [6.07, 6.45) is 7.27. The zero-order chi connectivity index (χ0) is 27.1. The van der Waals surface area contributed by atoms with E-state index in [9.17, 15) is 18.7 Å². The van der Waals surface area contributed by atoms with Crippen LogP contribution in [0.15, 0.2) is 36.9 Å². The van der Waals surface area contributed by atoms with Gasteiger partial charge in [-0.2, -0.15) is 0 Å². The van der Waals surface area contributed by atoms with E-state index in [0.29, 0.717) is 43.0 Å². The lowest BCUT2D eigenvalue weighted by molar-refractivity contribution is -0.123. The van der Waals surface area contributed by atoms with Crippen LogP contribution in [0.25, 0.3) is 0 Å². The number of hydrogen-bond acceptors (Lipinski definition) is 6. The van der Waals surface area contributed by atoms with Crippen molar-refractivity contribution in [2.24, 2.45) is 11.8 Å². The molecular formula is C29H36ClF2N3O3. The highest BCUT2D eigenvalue weighted by Crippen LogP contribution is 2.35. The van der Waals surface area contributed by atoms with Crippen molar-refractivity contribution in [3.8, 4) is 0 Å². The van der Waals surface area contributed by atoms with Gasteiger partial charge in [0.1, 0.15) is 18.3 Å². The fraction of sp³-hybridized carbons (Fsp3) is 0.552. The fourth-order valence-electron chi connectivity index (χ4n) is 5.46. The third kappa shape index (κ3) is 6.77. The Morgan fingerprint density at radius 3 is 2.92 bits per heavy atom. The summed E-state index contributed by atoms with van der Waals surface area (Å²) in [7, 11) is 0. The van der Waals surface area contributed by atoms with Gasteiger partial charge in [-0.15, -0.1) is 0 Å². The molecule has 2 heterocycles. The molecule has 0 bridgehead atoms. The van der Waals surface area contributed by atoms with Crippen LogP contribution < -0.4 is 5.32 Å². The minimum atomic E-state index is -2.12. The van der Waals surface area contributed by atoms with Gasteiger partial charge in [-0.1, -0.05) is 30.8 Å². The lowest BCUT2D eigenvalue weighted by Gasteiger charge is -2.28. The Morgan fingerprint density at radius 1 is 1.32 bits per heavy atom. The number of halogens is 3. The molecule has 0 radical (unpaired) electrons. The van der Waals surface area contributed by atoms with Crippen molar-refractivity contribution in [3.63, 3.8) is 0 Å². The van der Waals surface area contributed by atoms with Crippen molar-refractivity contribution in [1.82, 2.24) is 9.97 Å². The molecule has 6 nitrogen and oxygen atoms in total. The first-order valence-corrected chi connectivity index (χ1v) is 13.8. The van der Waals surface area contributed by atoms with E-state index in [2.05, 4.69) is 21.9 Å². The molecule has 1 saturated heterocycles. The zero-order valence-corrected chi connectivity index (χ0v) is 22.4. The molecule has 0 spiro atoms. The molecule has 4 atom stereocenters. The SMILES string of the molecule is C=CC(F)(CO)c1cccc(C(CF)Nc2nc(Cl)nc3c2CC(CCC(=O)C2CCCOCC2)CC3)c1. The Bertz CT molecular complexity index is 1130. The molecule has 206 valence electrons. The van der Waals surface area contributed by atoms with Crippen LogP contribution in [0.3, 0.4) is 0 Å². The maximum Gasteiger partial charge on any atom is 0.224 e. The van der Waals surface area contributed by atoms with Crippen LogP contribution in [0.2, 0.25) is 5.28 Å². The number of aryl methyl sites for hydroxylation is 1. The minimum Gasteiger partial charge on any atom is -0.392 e. The van der Waals surface area contributed by atoms with E-state index in [-0.39, 0.29) is 22.7 Å². The van der Waals surface area contributed by atoms with Crippen molar-refractivity contribution >= 4 is 23.2 Å². The number of aliphatic hydroxyl groups is 1. The van der Waals surface area contributed by atoms with E-state index in [0.717, 1.165) is 56.0 Å². The first-order valence-electron chi connectivity index (χ1n) is 13.4. The van der Waals surface area contributed by atoms with Gasteiger partial charge in [0.2, 0.25) is 5.28 Å². The molecule has 4 unspecified atom stereocenters. The zero-order valence-electron chi connectivity index (χ0n) is 21.6. The van der Waals surface area contributed by atoms with E-state index in [1.54, 1.807) is 12.1 Å². The Hall–Kier alpha value is -2.42. The maximum atomic E-state index is 15.0. The first-order chi connectivity index (χ1) is 18.4. The van der Waals surface area contributed by atoms with Crippen molar-refractivity contribution in [2.75, 3.05) is 31.8 Å². The van der Waals surface area contributed by atoms with Crippen molar-refractivity contribution < 1.29 is 23.4 Å². The fourth-order valence-corrected chi connectivity index (χ4v) is 5.65. The van der Waals surface area contributed by atoms with Crippen LogP contribution in [0.5, 0.6) is 0 Å². The Balaban J connectivity index is 1.49. The molecule has 1 aromatic heterocycles. The number of nitrogens with one attached hydrogen (secondary N) is 1. The van der Waals surface area contributed by atoms with Crippen LogP contribution >= 0.6 is 11.6 Å². The second kappa shape index (κ2) is 13.1. The van der Waals surface area contributed by atoms with Crippen LogP contribution in [0.1, 0.15) is 67.0 Å². The standard InChI is InChI=1S/C29H36ClF2N3O3/c1-2-29(32,18-36)22-7-3-5-21(16-22)25(17-31)33-27-23-15-19(8-10-24(23)34-28(30)35-27)9-11-26(37)20-6-4-13-38-14-12-20/h2-3,5,7,16,19-20,25,36H,1,4,6,8-15,17-18H2,(H,33,34,35). The summed E-state index contributed by atoms with van der Waals surface area (Å²) in [5.41, 5.74) is 0.299. The maximum absolute atomic E-state index is 15.0. The number of ether oxygens (including phenoxy) is 1. The quantitative estimate of drug-likeness (QED) is 0.270. The summed E-state index contributed by atoms with van der Waals surface area (Å²) >= 11 is 6.22. The summed E-state index contributed by atoms with van der Waals surface area (Å²) in [6, 6.07) is 5.57. The molecule has 4 rings (SSSR count). The van der Waals surface area contributed by atoms with Gasteiger partial charge in [0.05, 0.1) is 18.3 Å². The van der Waals surface area contributed by atoms with E-state index < -0.39 is 25.0 Å². The Labute approximate surface area is 227 Å². The lowest BCUT2D eigenvalue weighted by atomic mass is 9.82. The number of anilines is 1. The third-order valence-electron chi connectivity index (χ3n) is 7.84. The van der Waals surface area contributed by atoms with E-state index in [1.807, 2.05) is 0 Å².